The lowest BCUT2D eigenvalue weighted by Crippen LogP contribution is -2.42. The van der Waals surface area contributed by atoms with Gasteiger partial charge in [-0.1, -0.05) is 40.2 Å². The lowest BCUT2D eigenvalue weighted by Gasteiger charge is -2.27. The van der Waals surface area contributed by atoms with E-state index in [9.17, 15) is 4.79 Å². The first-order chi connectivity index (χ1) is 15.7. The van der Waals surface area contributed by atoms with Crippen LogP contribution in [0.1, 0.15) is 15.9 Å². The largest absolute Gasteiger partial charge is 0.436 e. The highest BCUT2D eigenvalue weighted by molar-refractivity contribution is 9.10. The maximum atomic E-state index is 12.8. The predicted molar refractivity (Wildman–Crippen MR) is 130 cm³/mol. The molecule has 5 rings (SSSR count). The van der Waals surface area contributed by atoms with Gasteiger partial charge in [-0.25, -0.2) is 4.98 Å². The molecule has 3 aromatic carbocycles. The number of halogens is 1. The molecule has 1 saturated heterocycles. The summed E-state index contributed by atoms with van der Waals surface area (Å²) in [7, 11) is 0. The second-order valence-corrected chi connectivity index (χ2v) is 8.73. The van der Waals surface area contributed by atoms with E-state index >= 15 is 0 Å². The van der Waals surface area contributed by atoms with E-state index in [0.29, 0.717) is 17.1 Å². The molecule has 0 saturated carbocycles. The highest BCUT2D eigenvalue weighted by Gasteiger charge is 2.18. The molecule has 162 valence electrons. The predicted octanol–water partition coefficient (Wildman–Crippen LogP) is 4.91. The van der Waals surface area contributed by atoms with Crippen LogP contribution >= 0.6 is 15.9 Å². The summed E-state index contributed by atoms with van der Waals surface area (Å²) in [5, 5.41) is 6.39. The summed E-state index contributed by atoms with van der Waals surface area (Å²) in [5.41, 5.74) is 4.77. The smallest absolute Gasteiger partial charge is 0.255 e. The van der Waals surface area contributed by atoms with Gasteiger partial charge in [0.05, 0.1) is 11.3 Å². The number of hydrogen-bond acceptors (Lipinski definition) is 5. The number of hydrogen-bond donors (Lipinski definition) is 2. The first-order valence-corrected chi connectivity index (χ1v) is 11.4. The molecule has 2 heterocycles. The number of aromatic nitrogens is 1. The Morgan fingerprint density at radius 3 is 2.62 bits per heavy atom. The Morgan fingerprint density at radius 1 is 1.03 bits per heavy atom. The first kappa shape index (κ1) is 20.9. The fourth-order valence-corrected chi connectivity index (χ4v) is 4.20. The number of rotatable bonds is 5. The van der Waals surface area contributed by atoms with E-state index < -0.39 is 0 Å². The minimum atomic E-state index is -0.180. The van der Waals surface area contributed by atoms with E-state index in [2.05, 4.69) is 37.5 Å². The molecule has 4 aromatic rings. The summed E-state index contributed by atoms with van der Waals surface area (Å²) in [6.07, 6.45) is 0. The molecule has 1 aliphatic rings. The Labute approximate surface area is 194 Å². The zero-order valence-corrected chi connectivity index (χ0v) is 19.1. The van der Waals surface area contributed by atoms with Crippen LogP contribution in [-0.2, 0) is 6.54 Å². The van der Waals surface area contributed by atoms with Gasteiger partial charge in [0.25, 0.3) is 5.91 Å². The molecule has 0 radical (unpaired) electrons. The molecule has 1 aliphatic heterocycles. The van der Waals surface area contributed by atoms with Crippen LogP contribution < -0.4 is 10.6 Å². The minimum Gasteiger partial charge on any atom is -0.436 e. The molecule has 0 aliphatic carbocycles. The molecule has 0 unspecified atom stereocenters. The summed E-state index contributed by atoms with van der Waals surface area (Å²) < 4.78 is 7.06. The standard InChI is InChI=1S/C25H23BrN4O2/c26-19-10-8-17(9-11-19)24(31)28-21-6-2-1-5-20(21)25-29-23-18(4-3-7-22(23)32-25)16-30-14-12-27-13-15-30/h1-11,27H,12-16H2,(H,28,31). The highest BCUT2D eigenvalue weighted by Crippen LogP contribution is 2.32. The summed E-state index contributed by atoms with van der Waals surface area (Å²) in [6, 6.07) is 20.9. The number of anilines is 1. The molecule has 1 amide bonds. The Bertz CT molecular complexity index is 1250. The van der Waals surface area contributed by atoms with Crippen LogP contribution in [-0.4, -0.2) is 42.0 Å². The second-order valence-electron chi connectivity index (χ2n) is 7.82. The quantitative estimate of drug-likeness (QED) is 0.415. The van der Waals surface area contributed by atoms with Gasteiger partial charge in [-0.05, 0) is 48.0 Å². The van der Waals surface area contributed by atoms with Crippen molar-refractivity contribution in [2.75, 3.05) is 31.5 Å². The van der Waals surface area contributed by atoms with E-state index in [1.54, 1.807) is 12.1 Å². The molecule has 0 bridgehead atoms. The number of piperazine rings is 1. The molecule has 7 heteroatoms. The molecule has 0 atom stereocenters. The van der Waals surface area contributed by atoms with Gasteiger partial charge >= 0.3 is 0 Å². The Balaban J connectivity index is 1.44. The van der Waals surface area contributed by atoms with E-state index in [-0.39, 0.29) is 5.91 Å². The third kappa shape index (κ3) is 4.46. The molecular weight excluding hydrogens is 468 g/mol. The van der Waals surface area contributed by atoms with Crippen molar-refractivity contribution in [3.05, 3.63) is 82.3 Å². The molecule has 6 nitrogen and oxygen atoms in total. The number of amides is 1. The number of benzene rings is 3. The fourth-order valence-electron chi connectivity index (χ4n) is 3.93. The molecule has 0 spiro atoms. The SMILES string of the molecule is O=C(Nc1ccccc1-c1nc2c(CN3CCNCC3)cccc2o1)c1ccc(Br)cc1. The van der Waals surface area contributed by atoms with Crippen LogP contribution in [0.25, 0.3) is 22.6 Å². The lowest BCUT2D eigenvalue weighted by molar-refractivity contribution is 0.102. The van der Waals surface area contributed by atoms with E-state index in [1.807, 2.05) is 48.5 Å². The number of carbonyl (C=O) groups is 1. The maximum Gasteiger partial charge on any atom is 0.255 e. The van der Waals surface area contributed by atoms with Gasteiger partial charge in [-0.15, -0.1) is 0 Å². The fraction of sp³-hybridized carbons (Fsp3) is 0.200. The van der Waals surface area contributed by atoms with Crippen molar-refractivity contribution >= 4 is 38.6 Å². The second kappa shape index (κ2) is 9.24. The first-order valence-electron chi connectivity index (χ1n) is 10.7. The van der Waals surface area contributed by atoms with Gasteiger partial charge in [0, 0.05) is 42.8 Å². The summed E-state index contributed by atoms with van der Waals surface area (Å²) >= 11 is 3.40. The Morgan fingerprint density at radius 2 is 1.81 bits per heavy atom. The molecular formula is C25H23BrN4O2. The van der Waals surface area contributed by atoms with Gasteiger partial charge < -0.3 is 15.1 Å². The maximum absolute atomic E-state index is 12.8. The van der Waals surface area contributed by atoms with E-state index in [1.165, 1.54) is 0 Å². The average molecular weight is 491 g/mol. The van der Waals surface area contributed by atoms with Crippen molar-refractivity contribution < 1.29 is 9.21 Å². The average Bonchev–Trinajstić information content (AvgIpc) is 3.26. The van der Waals surface area contributed by atoms with Crippen molar-refractivity contribution in [1.29, 1.82) is 0 Å². The van der Waals surface area contributed by atoms with Gasteiger partial charge in [-0.2, -0.15) is 0 Å². The number of carbonyl (C=O) groups excluding carboxylic acids is 1. The van der Waals surface area contributed by atoms with Crippen molar-refractivity contribution in [2.45, 2.75) is 6.54 Å². The van der Waals surface area contributed by atoms with Crippen LogP contribution in [0.3, 0.4) is 0 Å². The number of nitrogens with zero attached hydrogens (tertiary/aromatic N) is 2. The van der Waals surface area contributed by atoms with Gasteiger partial charge in [0.2, 0.25) is 5.89 Å². The Kier molecular flexibility index (Phi) is 6.03. The van der Waals surface area contributed by atoms with Gasteiger partial charge in [0.1, 0.15) is 5.52 Å². The van der Waals surface area contributed by atoms with Crippen molar-refractivity contribution in [3.8, 4) is 11.5 Å². The Hall–Kier alpha value is -3.00. The van der Waals surface area contributed by atoms with E-state index in [4.69, 9.17) is 9.40 Å². The number of para-hydroxylation sites is 2. The summed E-state index contributed by atoms with van der Waals surface area (Å²) in [6.45, 7) is 4.89. The number of nitrogens with one attached hydrogen (secondary N) is 2. The molecule has 1 fully saturated rings. The van der Waals surface area contributed by atoms with Crippen molar-refractivity contribution in [2.24, 2.45) is 0 Å². The van der Waals surface area contributed by atoms with Gasteiger partial charge in [0.15, 0.2) is 5.58 Å². The minimum absolute atomic E-state index is 0.180. The van der Waals surface area contributed by atoms with Crippen LogP contribution in [0.15, 0.2) is 75.6 Å². The van der Waals surface area contributed by atoms with Crippen LogP contribution in [0.5, 0.6) is 0 Å². The third-order valence-electron chi connectivity index (χ3n) is 5.62. The molecule has 2 N–H and O–H groups in total. The normalized spacial score (nSPS) is 14.5. The number of fused-ring (bicyclic) bond motifs is 1. The lowest BCUT2D eigenvalue weighted by atomic mass is 10.1. The molecule has 1 aromatic heterocycles. The number of oxazole rings is 1. The van der Waals surface area contributed by atoms with E-state index in [0.717, 1.165) is 59.4 Å². The molecule has 32 heavy (non-hydrogen) atoms. The topological polar surface area (TPSA) is 70.4 Å². The zero-order valence-electron chi connectivity index (χ0n) is 17.5. The van der Waals surface area contributed by atoms with Crippen LogP contribution in [0.4, 0.5) is 5.69 Å². The zero-order chi connectivity index (χ0) is 21.9. The van der Waals surface area contributed by atoms with Crippen molar-refractivity contribution in [3.63, 3.8) is 0 Å². The van der Waals surface area contributed by atoms with Gasteiger partial charge in [-0.3, -0.25) is 9.69 Å². The summed E-state index contributed by atoms with van der Waals surface area (Å²) in [5.74, 6) is 0.319. The third-order valence-corrected chi connectivity index (χ3v) is 6.15. The monoisotopic (exact) mass is 490 g/mol. The van der Waals surface area contributed by atoms with Crippen LogP contribution in [0, 0.1) is 0 Å². The highest BCUT2D eigenvalue weighted by atomic mass is 79.9. The van der Waals surface area contributed by atoms with Crippen molar-refractivity contribution in [1.82, 2.24) is 15.2 Å². The summed E-state index contributed by atoms with van der Waals surface area (Å²) in [4.78, 5) is 20.0. The van der Waals surface area contributed by atoms with Crippen LogP contribution in [0.2, 0.25) is 0 Å².